The summed E-state index contributed by atoms with van der Waals surface area (Å²) in [7, 11) is 1.63. The van der Waals surface area contributed by atoms with Crippen LogP contribution in [0, 0.1) is 11.3 Å². The fourth-order valence-corrected chi connectivity index (χ4v) is 2.90. The fourth-order valence-electron chi connectivity index (χ4n) is 2.90. The van der Waals surface area contributed by atoms with E-state index in [9.17, 15) is 10.1 Å². The maximum Gasteiger partial charge on any atom is 0.270 e. The van der Waals surface area contributed by atoms with Gasteiger partial charge < -0.3 is 9.47 Å². The van der Waals surface area contributed by atoms with E-state index in [0.29, 0.717) is 24.5 Å². The van der Waals surface area contributed by atoms with Crippen molar-refractivity contribution in [2.24, 2.45) is 5.10 Å². The van der Waals surface area contributed by atoms with Gasteiger partial charge in [-0.25, -0.2) is 10.4 Å². The van der Waals surface area contributed by atoms with Crippen LogP contribution in [0.25, 0.3) is 11.3 Å². The van der Waals surface area contributed by atoms with Gasteiger partial charge in [-0.15, -0.1) is 0 Å². The van der Waals surface area contributed by atoms with Crippen molar-refractivity contribution in [1.82, 2.24) is 9.97 Å². The molecular formula is C23H23N5O3. The van der Waals surface area contributed by atoms with Crippen molar-refractivity contribution in [3.63, 3.8) is 0 Å². The standard InChI is InChI=1S/C23H23N5O3/c1-3-11-31-20-10-9-16(12-18(20)15-30-2)14-25-28-23-26-21(17-7-5-4-6-8-17)19(13-24)22(29)27-23/h4-10,12,14H,3,11,15H2,1-2H3,(H2,26,27,28,29). The Morgan fingerprint density at radius 3 is 2.77 bits per heavy atom. The summed E-state index contributed by atoms with van der Waals surface area (Å²) >= 11 is 0. The average molecular weight is 417 g/mol. The molecule has 3 aromatic rings. The van der Waals surface area contributed by atoms with Crippen LogP contribution >= 0.6 is 0 Å². The van der Waals surface area contributed by atoms with Crippen LogP contribution in [0.5, 0.6) is 5.75 Å². The number of benzene rings is 2. The van der Waals surface area contributed by atoms with Crippen molar-refractivity contribution in [3.8, 4) is 23.1 Å². The molecule has 0 amide bonds. The number of hydrogen-bond acceptors (Lipinski definition) is 7. The molecule has 0 spiro atoms. The van der Waals surface area contributed by atoms with Gasteiger partial charge in [-0.1, -0.05) is 37.3 Å². The SMILES string of the molecule is CCCOc1ccc(C=NNc2nc(-c3ccccc3)c(C#N)c(=O)[nH]2)cc1COC. The lowest BCUT2D eigenvalue weighted by Gasteiger charge is -2.11. The Labute approximate surface area is 180 Å². The minimum absolute atomic E-state index is 0.0485. The monoisotopic (exact) mass is 417 g/mol. The van der Waals surface area contributed by atoms with E-state index in [-0.39, 0.29) is 11.5 Å². The Morgan fingerprint density at radius 2 is 2.06 bits per heavy atom. The Hall–Kier alpha value is -3.96. The van der Waals surface area contributed by atoms with E-state index in [1.165, 1.54) is 0 Å². The number of ether oxygens (including phenoxy) is 2. The van der Waals surface area contributed by atoms with Crippen molar-refractivity contribution in [3.05, 3.63) is 75.6 Å². The lowest BCUT2D eigenvalue weighted by molar-refractivity contribution is 0.179. The first kappa shape index (κ1) is 21.7. The molecule has 8 heteroatoms. The third-order valence-corrected chi connectivity index (χ3v) is 4.31. The third kappa shape index (κ3) is 5.56. The maximum absolute atomic E-state index is 12.3. The number of hydrogen-bond donors (Lipinski definition) is 2. The van der Waals surface area contributed by atoms with Crippen LogP contribution in [0.15, 0.2) is 58.4 Å². The summed E-state index contributed by atoms with van der Waals surface area (Å²) in [5.41, 5.74) is 4.85. The zero-order chi connectivity index (χ0) is 22.1. The minimum Gasteiger partial charge on any atom is -0.493 e. The zero-order valence-electron chi connectivity index (χ0n) is 17.4. The summed E-state index contributed by atoms with van der Waals surface area (Å²) in [6.45, 7) is 3.10. The molecule has 3 rings (SSSR count). The number of anilines is 1. The van der Waals surface area contributed by atoms with E-state index < -0.39 is 5.56 Å². The van der Waals surface area contributed by atoms with E-state index in [2.05, 4.69) is 20.5 Å². The van der Waals surface area contributed by atoms with Gasteiger partial charge in [-0.2, -0.15) is 10.4 Å². The Balaban J connectivity index is 1.82. The van der Waals surface area contributed by atoms with Crippen LogP contribution in [0.1, 0.15) is 30.0 Å². The number of H-pyrrole nitrogens is 1. The molecule has 1 aromatic heterocycles. The molecule has 0 atom stereocenters. The zero-order valence-corrected chi connectivity index (χ0v) is 17.4. The first-order valence-corrected chi connectivity index (χ1v) is 9.79. The van der Waals surface area contributed by atoms with Crippen LogP contribution in [0.2, 0.25) is 0 Å². The molecule has 0 unspecified atom stereocenters. The molecule has 1 heterocycles. The van der Waals surface area contributed by atoms with Gasteiger partial charge >= 0.3 is 0 Å². The number of nitrogens with zero attached hydrogens (tertiary/aromatic N) is 3. The predicted octanol–water partition coefficient (Wildman–Crippen LogP) is 3.69. The smallest absolute Gasteiger partial charge is 0.270 e. The van der Waals surface area contributed by atoms with Gasteiger partial charge in [-0.3, -0.25) is 9.78 Å². The van der Waals surface area contributed by atoms with E-state index >= 15 is 0 Å². The van der Waals surface area contributed by atoms with Gasteiger partial charge in [0.2, 0.25) is 5.95 Å². The van der Waals surface area contributed by atoms with Gasteiger partial charge in [0.15, 0.2) is 0 Å². The van der Waals surface area contributed by atoms with E-state index in [1.807, 2.05) is 49.4 Å². The topological polar surface area (TPSA) is 112 Å². The molecule has 2 N–H and O–H groups in total. The molecule has 0 aliphatic carbocycles. The molecule has 0 bridgehead atoms. The number of rotatable bonds is 9. The van der Waals surface area contributed by atoms with E-state index in [1.54, 1.807) is 25.5 Å². The Morgan fingerprint density at radius 1 is 1.26 bits per heavy atom. The highest BCUT2D eigenvalue weighted by atomic mass is 16.5. The van der Waals surface area contributed by atoms with Crippen molar-refractivity contribution in [1.29, 1.82) is 5.26 Å². The molecule has 0 saturated carbocycles. The second kappa shape index (κ2) is 10.7. The number of aromatic nitrogens is 2. The highest BCUT2D eigenvalue weighted by Crippen LogP contribution is 2.21. The van der Waals surface area contributed by atoms with Crippen LogP contribution in [0.4, 0.5) is 5.95 Å². The van der Waals surface area contributed by atoms with Crippen molar-refractivity contribution in [2.75, 3.05) is 19.1 Å². The summed E-state index contributed by atoms with van der Waals surface area (Å²) < 4.78 is 11.0. The molecular weight excluding hydrogens is 394 g/mol. The molecule has 158 valence electrons. The van der Waals surface area contributed by atoms with Crippen LogP contribution < -0.4 is 15.7 Å². The molecule has 2 aromatic carbocycles. The van der Waals surface area contributed by atoms with Crippen molar-refractivity contribution < 1.29 is 9.47 Å². The van der Waals surface area contributed by atoms with E-state index in [0.717, 1.165) is 23.3 Å². The quantitative estimate of drug-likeness (QED) is 0.406. The average Bonchev–Trinajstić information content (AvgIpc) is 2.79. The van der Waals surface area contributed by atoms with Crippen LogP contribution in [0.3, 0.4) is 0 Å². The summed E-state index contributed by atoms with van der Waals surface area (Å²) in [5, 5.41) is 13.5. The number of hydrazone groups is 1. The van der Waals surface area contributed by atoms with Crippen LogP contribution in [-0.4, -0.2) is 29.9 Å². The normalized spacial score (nSPS) is 10.7. The molecule has 0 radical (unpaired) electrons. The van der Waals surface area contributed by atoms with E-state index in [4.69, 9.17) is 9.47 Å². The van der Waals surface area contributed by atoms with Crippen molar-refractivity contribution >= 4 is 12.2 Å². The van der Waals surface area contributed by atoms with Gasteiger partial charge in [0.25, 0.3) is 5.56 Å². The van der Waals surface area contributed by atoms with Gasteiger partial charge in [0.05, 0.1) is 25.1 Å². The highest BCUT2D eigenvalue weighted by molar-refractivity contribution is 5.81. The molecule has 31 heavy (non-hydrogen) atoms. The molecule has 8 nitrogen and oxygen atoms in total. The second-order valence-corrected chi connectivity index (χ2v) is 6.63. The summed E-state index contributed by atoms with van der Waals surface area (Å²) in [6, 6.07) is 16.6. The highest BCUT2D eigenvalue weighted by Gasteiger charge is 2.12. The maximum atomic E-state index is 12.3. The Kier molecular flexibility index (Phi) is 7.51. The summed E-state index contributed by atoms with van der Waals surface area (Å²) in [6.07, 6.45) is 2.52. The number of nitriles is 1. The summed E-state index contributed by atoms with van der Waals surface area (Å²) in [4.78, 5) is 19.2. The minimum atomic E-state index is -0.533. The molecule has 0 aliphatic rings. The number of methoxy groups -OCH3 is 1. The van der Waals surface area contributed by atoms with Gasteiger partial charge in [0, 0.05) is 18.2 Å². The third-order valence-electron chi connectivity index (χ3n) is 4.31. The molecule has 0 fully saturated rings. The predicted molar refractivity (Wildman–Crippen MR) is 119 cm³/mol. The van der Waals surface area contributed by atoms with Crippen molar-refractivity contribution in [2.45, 2.75) is 20.0 Å². The largest absolute Gasteiger partial charge is 0.493 e. The first-order valence-electron chi connectivity index (χ1n) is 9.79. The first-order chi connectivity index (χ1) is 15.2. The Bertz CT molecular complexity index is 1150. The molecule has 0 aliphatic heterocycles. The summed E-state index contributed by atoms with van der Waals surface area (Å²) in [5.74, 6) is 0.915. The number of nitrogens with one attached hydrogen (secondary N) is 2. The lowest BCUT2D eigenvalue weighted by atomic mass is 10.1. The van der Waals surface area contributed by atoms with Gasteiger partial charge in [-0.05, 0) is 30.2 Å². The fraction of sp³-hybridized carbons (Fsp3) is 0.217. The lowest BCUT2D eigenvalue weighted by Crippen LogP contribution is -2.16. The second-order valence-electron chi connectivity index (χ2n) is 6.63. The number of aromatic amines is 1. The van der Waals surface area contributed by atoms with Crippen LogP contribution in [-0.2, 0) is 11.3 Å². The van der Waals surface area contributed by atoms with Gasteiger partial charge in [0.1, 0.15) is 17.4 Å². The molecule has 0 saturated heterocycles.